The van der Waals surface area contributed by atoms with Gasteiger partial charge in [0.05, 0.1) is 11.4 Å². The second-order valence-electron chi connectivity index (χ2n) is 18.8. The highest BCUT2D eigenvalue weighted by Crippen LogP contribution is 2.69. The van der Waals surface area contributed by atoms with Gasteiger partial charge in [-0.15, -0.1) is 0 Å². The molecule has 9 aromatic rings. The Kier molecular flexibility index (Phi) is 7.54. The van der Waals surface area contributed by atoms with Crippen LogP contribution in [-0.4, -0.2) is 0 Å². The van der Waals surface area contributed by atoms with E-state index in [-0.39, 0.29) is 11.2 Å². The zero-order chi connectivity index (χ0) is 40.6. The first kappa shape index (κ1) is 35.3. The molecule has 4 fully saturated rings. The Hall–Kier alpha value is -6.45. The van der Waals surface area contributed by atoms with E-state index in [4.69, 9.17) is 0 Å². The molecule has 3 heteroatoms. The smallest absolute Gasteiger partial charge is 0.123 e. The standard InChI is InChI=1S/C58H47FN2/c1-35-9-3-7-13-52(35)61(53-14-8-4-10-36(53)2)55-28-18-40-15-24-48-54(27-17-39-16-25-49(55)57(40)56(39)48)60(44-21-19-43(59)20-22-44)45-23-26-47-46-11-5-6-12-50(46)58(51(47)34-45)41-30-37-29-38(32-41)33-42(58)31-37/h3-28,34,37-38,41-42H,29-33H2,1-2H3. The van der Waals surface area contributed by atoms with Crippen molar-refractivity contribution in [2.75, 3.05) is 9.80 Å². The Bertz CT molecular complexity index is 3140. The van der Waals surface area contributed by atoms with Crippen molar-refractivity contribution >= 4 is 66.4 Å². The lowest BCUT2D eigenvalue weighted by Gasteiger charge is -2.61. The summed E-state index contributed by atoms with van der Waals surface area (Å²) in [6.07, 6.45) is 6.80. The zero-order valence-electron chi connectivity index (χ0n) is 34.7. The third-order valence-corrected chi connectivity index (χ3v) is 15.7. The van der Waals surface area contributed by atoms with Crippen LogP contribution in [0.4, 0.5) is 38.5 Å². The van der Waals surface area contributed by atoms with Gasteiger partial charge in [0.15, 0.2) is 0 Å². The summed E-state index contributed by atoms with van der Waals surface area (Å²) in [5.74, 6) is 2.87. The Balaban J connectivity index is 1.04. The van der Waals surface area contributed by atoms with Crippen LogP contribution in [-0.2, 0) is 5.41 Å². The van der Waals surface area contributed by atoms with Gasteiger partial charge in [0.1, 0.15) is 5.82 Å². The maximum Gasteiger partial charge on any atom is 0.123 e. The SMILES string of the molecule is Cc1ccccc1N(c1ccccc1C)c1ccc2ccc3c(N(c4ccc(F)cc4)c4ccc5c(c4)C4(c6ccccc6-5)C5CC6CC(C5)CC4C6)ccc4ccc1c2c43. The molecule has 0 radical (unpaired) electrons. The molecule has 0 unspecified atom stereocenters. The fourth-order valence-electron chi connectivity index (χ4n) is 13.5. The largest absolute Gasteiger partial charge is 0.310 e. The third-order valence-electron chi connectivity index (χ3n) is 15.7. The zero-order valence-corrected chi connectivity index (χ0v) is 34.7. The van der Waals surface area contributed by atoms with Gasteiger partial charge in [-0.1, -0.05) is 103 Å². The van der Waals surface area contributed by atoms with Gasteiger partial charge in [-0.05, 0) is 185 Å². The summed E-state index contributed by atoms with van der Waals surface area (Å²) in [7, 11) is 0. The third kappa shape index (κ3) is 4.95. The van der Waals surface area contributed by atoms with Gasteiger partial charge in [0.25, 0.3) is 0 Å². The molecule has 0 heterocycles. The summed E-state index contributed by atoms with van der Waals surface area (Å²) in [5, 5.41) is 7.34. The first-order chi connectivity index (χ1) is 30.0. The van der Waals surface area contributed by atoms with E-state index in [2.05, 4.69) is 163 Å². The van der Waals surface area contributed by atoms with Gasteiger partial charge < -0.3 is 9.80 Å². The minimum Gasteiger partial charge on any atom is -0.310 e. The van der Waals surface area contributed by atoms with Gasteiger partial charge in [-0.2, -0.15) is 0 Å². The number of hydrogen-bond donors (Lipinski definition) is 0. The van der Waals surface area contributed by atoms with Crippen LogP contribution in [0.25, 0.3) is 43.4 Å². The van der Waals surface area contributed by atoms with Crippen molar-refractivity contribution in [1.82, 2.24) is 0 Å². The molecule has 61 heavy (non-hydrogen) atoms. The number of fused-ring (bicyclic) bond motifs is 3. The topological polar surface area (TPSA) is 6.48 Å². The van der Waals surface area contributed by atoms with Crippen molar-refractivity contribution in [3.8, 4) is 11.1 Å². The van der Waals surface area contributed by atoms with Crippen LogP contribution in [0, 0.1) is 43.3 Å². The highest BCUT2D eigenvalue weighted by Gasteiger charge is 2.61. The Morgan fingerprint density at radius 2 is 0.951 bits per heavy atom. The highest BCUT2D eigenvalue weighted by atomic mass is 19.1. The fraction of sp³-hybridized carbons (Fsp3) is 0.207. The monoisotopic (exact) mass is 790 g/mol. The van der Waals surface area contributed by atoms with Crippen molar-refractivity contribution < 1.29 is 4.39 Å². The summed E-state index contributed by atoms with van der Waals surface area (Å²) in [6.45, 7) is 4.41. The molecule has 14 rings (SSSR count). The quantitative estimate of drug-likeness (QED) is 0.155. The summed E-state index contributed by atoms with van der Waals surface area (Å²) in [5.41, 5.74) is 15.1. The Morgan fingerprint density at radius 1 is 0.443 bits per heavy atom. The number of aryl methyl sites for hydroxylation is 2. The second kappa shape index (κ2) is 13.0. The van der Waals surface area contributed by atoms with E-state index in [0.717, 1.165) is 34.6 Å². The first-order valence-corrected chi connectivity index (χ1v) is 22.4. The van der Waals surface area contributed by atoms with Gasteiger partial charge in [0, 0.05) is 38.9 Å². The molecule has 0 N–H and O–H groups in total. The van der Waals surface area contributed by atoms with Crippen LogP contribution in [0.5, 0.6) is 0 Å². The minimum absolute atomic E-state index is 0.0446. The molecule has 2 nitrogen and oxygen atoms in total. The van der Waals surface area contributed by atoms with Crippen LogP contribution in [0.15, 0.2) is 164 Å². The lowest BCUT2D eigenvalue weighted by atomic mass is 9.43. The molecule has 1 spiro atoms. The summed E-state index contributed by atoms with van der Waals surface area (Å²) in [4.78, 5) is 4.86. The summed E-state index contributed by atoms with van der Waals surface area (Å²) in [6, 6.07) is 59.6. The summed E-state index contributed by atoms with van der Waals surface area (Å²) < 4.78 is 14.8. The molecule has 0 atom stereocenters. The van der Waals surface area contributed by atoms with E-state index in [1.807, 2.05) is 12.1 Å². The van der Waals surface area contributed by atoms with Gasteiger partial charge in [-0.3, -0.25) is 0 Å². The molecule has 0 aromatic heterocycles. The van der Waals surface area contributed by atoms with Crippen LogP contribution >= 0.6 is 0 Å². The maximum absolute atomic E-state index is 14.8. The van der Waals surface area contributed by atoms with Gasteiger partial charge in [-0.25, -0.2) is 4.39 Å². The van der Waals surface area contributed by atoms with E-state index in [1.165, 1.54) is 104 Å². The number of halogens is 1. The van der Waals surface area contributed by atoms with Crippen molar-refractivity contribution in [3.05, 3.63) is 192 Å². The molecule has 0 saturated heterocycles. The van der Waals surface area contributed by atoms with Crippen molar-refractivity contribution in [1.29, 1.82) is 0 Å². The predicted molar refractivity (Wildman–Crippen MR) is 252 cm³/mol. The second-order valence-corrected chi connectivity index (χ2v) is 18.8. The minimum atomic E-state index is -0.226. The number of anilines is 6. The number of nitrogens with zero attached hydrogens (tertiary/aromatic N) is 2. The molecule has 4 bridgehead atoms. The normalized spacial score (nSPS) is 22.1. The molecule has 0 aliphatic heterocycles. The number of para-hydroxylation sites is 2. The van der Waals surface area contributed by atoms with Crippen LogP contribution in [0.2, 0.25) is 0 Å². The van der Waals surface area contributed by atoms with Crippen LogP contribution in [0.1, 0.15) is 54.4 Å². The number of hydrogen-bond acceptors (Lipinski definition) is 2. The van der Waals surface area contributed by atoms with Gasteiger partial charge >= 0.3 is 0 Å². The number of benzene rings is 9. The molecule has 5 aliphatic carbocycles. The average molecular weight is 791 g/mol. The van der Waals surface area contributed by atoms with E-state index in [0.29, 0.717) is 11.8 Å². The van der Waals surface area contributed by atoms with E-state index >= 15 is 0 Å². The van der Waals surface area contributed by atoms with E-state index in [9.17, 15) is 4.39 Å². The van der Waals surface area contributed by atoms with Crippen LogP contribution < -0.4 is 9.80 Å². The lowest BCUT2D eigenvalue weighted by Crippen LogP contribution is -2.55. The maximum atomic E-state index is 14.8. The lowest BCUT2D eigenvalue weighted by molar-refractivity contribution is -0.0399. The van der Waals surface area contributed by atoms with Crippen LogP contribution in [0.3, 0.4) is 0 Å². The Labute approximate surface area is 357 Å². The average Bonchev–Trinajstić information content (AvgIpc) is 3.57. The predicted octanol–water partition coefficient (Wildman–Crippen LogP) is 16.0. The summed E-state index contributed by atoms with van der Waals surface area (Å²) >= 11 is 0. The van der Waals surface area contributed by atoms with Gasteiger partial charge in [0.2, 0.25) is 0 Å². The molecular weight excluding hydrogens is 744 g/mol. The van der Waals surface area contributed by atoms with Crippen molar-refractivity contribution in [2.45, 2.75) is 51.4 Å². The fourth-order valence-corrected chi connectivity index (χ4v) is 13.5. The Morgan fingerprint density at radius 3 is 1.56 bits per heavy atom. The molecule has 5 aliphatic rings. The molecular formula is C58H47FN2. The molecule has 9 aromatic carbocycles. The van der Waals surface area contributed by atoms with E-state index < -0.39 is 0 Å². The van der Waals surface area contributed by atoms with Crippen molar-refractivity contribution in [2.24, 2.45) is 23.7 Å². The molecule has 296 valence electrons. The van der Waals surface area contributed by atoms with E-state index in [1.54, 1.807) is 17.7 Å². The molecule has 4 saturated carbocycles. The first-order valence-electron chi connectivity index (χ1n) is 22.4. The highest BCUT2D eigenvalue weighted by molar-refractivity contribution is 6.28. The van der Waals surface area contributed by atoms with Crippen molar-refractivity contribution in [3.63, 3.8) is 0 Å². The molecule has 0 amide bonds. The number of rotatable bonds is 6.